The molecule has 7 N–H and O–H groups in total. The monoisotopic (exact) mass is 2000 g/mol. The summed E-state index contributed by atoms with van der Waals surface area (Å²) in [7, 11) is -5.04. The van der Waals surface area contributed by atoms with E-state index in [9.17, 15) is 48.6 Å². The van der Waals surface area contributed by atoms with Crippen LogP contribution in [0.3, 0.4) is 0 Å². The zero-order valence-corrected chi connectivity index (χ0v) is 81.8. The number of anilines is 10. The highest BCUT2D eigenvalue weighted by molar-refractivity contribution is 7.92. The van der Waals surface area contributed by atoms with Crippen LogP contribution in [0.2, 0.25) is 0 Å². The summed E-state index contributed by atoms with van der Waals surface area (Å²) in [4.78, 5) is 90.4. The number of aryl methyl sites for hydroxylation is 2. The van der Waals surface area contributed by atoms with Gasteiger partial charge in [0.2, 0.25) is 42.6 Å². The van der Waals surface area contributed by atoms with E-state index >= 15 is 4.39 Å². The second-order valence-corrected chi connectivity index (χ2v) is 42.5. The van der Waals surface area contributed by atoms with Gasteiger partial charge in [0.25, 0.3) is 16.7 Å². The number of nitrogens with one attached hydrogen (secondary N) is 7. The number of nitrogens with zero attached hydrogens (tertiary/aromatic N) is 15. The van der Waals surface area contributed by atoms with Crippen molar-refractivity contribution in [1.82, 2.24) is 79.4 Å². The Morgan fingerprint density at radius 1 is 0.563 bits per heavy atom. The molecule has 1 aliphatic carbocycles. The van der Waals surface area contributed by atoms with Crippen LogP contribution < -0.4 is 63.7 Å². The van der Waals surface area contributed by atoms with Gasteiger partial charge in [0, 0.05) is 149 Å². The summed E-state index contributed by atoms with van der Waals surface area (Å²) in [5.74, 6) is 1.07. The molecular formula is C103H104F4N22O9S4. The van der Waals surface area contributed by atoms with Crippen molar-refractivity contribution in [3.8, 4) is 22.4 Å². The lowest BCUT2D eigenvalue weighted by Crippen LogP contribution is -2.54. The zero-order valence-electron chi connectivity index (χ0n) is 78.6. The van der Waals surface area contributed by atoms with E-state index in [2.05, 4.69) is 98.1 Å². The molecule has 4 atom stereocenters. The van der Waals surface area contributed by atoms with Crippen molar-refractivity contribution in [3.05, 3.63) is 312 Å². The number of pyridine rings is 4. The molecule has 39 heteroatoms. The van der Waals surface area contributed by atoms with Crippen LogP contribution in [0.15, 0.2) is 276 Å². The Morgan fingerprint density at radius 3 is 1.82 bits per heavy atom. The second kappa shape index (κ2) is 42.7. The minimum atomic E-state index is -4.58. The summed E-state index contributed by atoms with van der Waals surface area (Å²) in [6, 6.07) is 56.2. The molecule has 12 heterocycles. The molecule has 1 saturated carbocycles. The van der Waals surface area contributed by atoms with Crippen LogP contribution >= 0.6 is 11.3 Å². The Labute approximate surface area is 822 Å². The smallest absolute Gasteiger partial charge is 0.418 e. The fourth-order valence-electron chi connectivity index (χ4n) is 18.4. The molecule has 142 heavy (non-hydrogen) atoms. The normalized spacial score (nSPS) is 16.1. The number of piperazine rings is 2. The predicted molar refractivity (Wildman–Crippen MR) is 547 cm³/mol. The summed E-state index contributed by atoms with van der Waals surface area (Å²) < 4.78 is 135. The van der Waals surface area contributed by atoms with Gasteiger partial charge < -0.3 is 56.3 Å². The van der Waals surface area contributed by atoms with Gasteiger partial charge in [-0.05, 0) is 211 Å². The summed E-state index contributed by atoms with van der Waals surface area (Å²) in [6.45, 7) is 14.1. The Bertz CT molecular complexity index is 7790. The Kier molecular flexibility index (Phi) is 29.5. The lowest BCUT2D eigenvalue weighted by molar-refractivity contribution is -0.137. The average molecular weight is 2000 g/mol. The van der Waals surface area contributed by atoms with Crippen LogP contribution in [0.1, 0.15) is 90.3 Å². The quantitative estimate of drug-likeness (QED) is 0.0235. The Balaban J connectivity index is 0.000000141. The molecule has 0 amide bonds. The van der Waals surface area contributed by atoms with Crippen LogP contribution in [-0.4, -0.2) is 181 Å². The Hall–Kier alpha value is -14.2. The van der Waals surface area contributed by atoms with E-state index in [0.717, 1.165) is 66.5 Å². The molecule has 0 radical (unpaired) electrons. The molecule has 3 aliphatic heterocycles. The summed E-state index contributed by atoms with van der Waals surface area (Å²) in [6.07, 6.45) is 8.45. The van der Waals surface area contributed by atoms with E-state index in [4.69, 9.17) is 14.4 Å². The van der Waals surface area contributed by atoms with Gasteiger partial charge in [-0.3, -0.25) is 37.3 Å². The maximum Gasteiger partial charge on any atom is 0.418 e. The first-order valence-electron chi connectivity index (χ1n) is 46.6. The number of benzene rings is 7. The van der Waals surface area contributed by atoms with Gasteiger partial charge in [-0.1, -0.05) is 97.8 Å². The maximum atomic E-state index is 15.4. The van der Waals surface area contributed by atoms with Gasteiger partial charge >= 0.3 is 6.18 Å². The van der Waals surface area contributed by atoms with Crippen molar-refractivity contribution in [2.75, 3.05) is 110 Å². The molecule has 4 unspecified atom stereocenters. The lowest BCUT2D eigenvalue weighted by atomic mass is 9.98. The zero-order chi connectivity index (χ0) is 99.1. The van der Waals surface area contributed by atoms with Crippen molar-refractivity contribution < 1.29 is 43.0 Å². The molecule has 20 rings (SSSR count). The van der Waals surface area contributed by atoms with Gasteiger partial charge in [-0.25, -0.2) is 46.1 Å². The van der Waals surface area contributed by atoms with Gasteiger partial charge in [-0.15, -0.1) is 11.3 Å². The molecule has 3 saturated heterocycles. The third kappa shape index (κ3) is 22.1. The van der Waals surface area contributed by atoms with E-state index in [1.165, 1.54) is 44.4 Å². The summed E-state index contributed by atoms with van der Waals surface area (Å²) in [5, 5.41) is 23.4. The largest absolute Gasteiger partial charge is 0.432 e. The number of rotatable bonds is 27. The molecule has 4 fully saturated rings. The van der Waals surface area contributed by atoms with Crippen molar-refractivity contribution in [3.63, 3.8) is 0 Å². The number of halogens is 4. The third-order valence-electron chi connectivity index (χ3n) is 25.5. The highest BCUT2D eigenvalue weighted by Gasteiger charge is 2.38. The number of alkyl halides is 3. The molecule has 7 aromatic carbocycles. The highest BCUT2D eigenvalue weighted by Crippen LogP contribution is 2.41. The van der Waals surface area contributed by atoms with Crippen LogP contribution in [0.25, 0.3) is 55.5 Å². The van der Waals surface area contributed by atoms with Crippen molar-refractivity contribution in [2.24, 2.45) is 0 Å². The van der Waals surface area contributed by atoms with E-state index in [0.29, 0.717) is 148 Å². The molecule has 16 aromatic rings. The SMILES string of the molecule is CN(C)CCS(=O)c1ccccc1Cn1c(=O)c(Nc2cccnc2)cc2cnc(Nc3ccc(N4CCNCC4)c(C(F)(F)F)c3)nc21.Cc1ccccc1-c1cc2cnc(Nc3ccc(N4CC(C)NC(C)C4)c(F)c3)nc2n(Cc2ncoc2S(=O)(=O)C2CCCC2)c1=O.Cc1scnc1-c1cc2cnc(Nc3ccc(C4CCNC4)cc3)nc2n(Cc2cccc(S(=O)(=O)c3ccccc3)c2)c1=O. The van der Waals surface area contributed by atoms with E-state index in [1.807, 2.05) is 92.3 Å². The fourth-order valence-corrected chi connectivity index (χ4v) is 23.6. The number of sulfone groups is 2. The molecule has 31 nitrogen and oxygen atoms in total. The predicted octanol–water partition coefficient (Wildman–Crippen LogP) is 16.3. The number of hydrogen-bond donors (Lipinski definition) is 7. The van der Waals surface area contributed by atoms with Crippen molar-refractivity contribution in [1.29, 1.82) is 0 Å². The Morgan fingerprint density at radius 2 is 1.18 bits per heavy atom. The van der Waals surface area contributed by atoms with Gasteiger partial charge in [0.05, 0.1) is 85.4 Å². The minimum absolute atomic E-state index is 0.0134. The minimum Gasteiger partial charge on any atom is -0.432 e. The molecule has 4 aliphatic rings. The molecule has 0 spiro atoms. The summed E-state index contributed by atoms with van der Waals surface area (Å²) >= 11 is 1.47. The van der Waals surface area contributed by atoms with E-state index in [-0.39, 0.29) is 109 Å². The van der Waals surface area contributed by atoms with Crippen LogP contribution in [0.5, 0.6) is 0 Å². The third-order valence-corrected chi connectivity index (χ3v) is 31.6. The van der Waals surface area contributed by atoms with Gasteiger partial charge in [0.15, 0.2) is 6.39 Å². The van der Waals surface area contributed by atoms with Crippen LogP contribution in [0.4, 0.5) is 75.2 Å². The van der Waals surface area contributed by atoms with E-state index < -0.39 is 53.0 Å². The first kappa shape index (κ1) is 98.0. The fraction of sp³-hybridized carbons (Fsp3) is 0.282. The second-order valence-electron chi connectivity index (χ2n) is 35.9. The van der Waals surface area contributed by atoms with Crippen LogP contribution in [-0.2, 0) is 56.3 Å². The van der Waals surface area contributed by atoms with Crippen LogP contribution in [0, 0.1) is 19.7 Å². The standard InChI is InChI=1S/C35H38FN7O4S.C34H36F3N9O2S.C34H30N6O3S2/c1-21-8-4-7-11-27(21)28-14-24-16-37-35(40-25-12-13-31(29(36)15-25)42-17-22(2)39-23(3)18-42)41-32(24)43(33(28)44)19-30-34(47-20-38-30)48(45,46)26-9-5-6-10-26;1-44(2)16-17-49(48)30-8-4-3-6-23(30)22-46-31-24(18-28(32(46)47)41-26-7-5-11-39-21-26)20-40-33(43-31)42-25-9-10-29(27(19-25)34(35,36)37)45-14-12-38-13-15-45;1-22-31(37-21-44-22)30-17-26-19-36-34(38-27-12-10-24(11-13-27)25-14-15-35-18-25)39-32(26)40(33(30)41)20-23-6-5-9-29(16-23)45(42,43)28-7-3-2-4-8-28/h4,7-8,11-16,20,22-23,26,39H,5-6,9-10,17-19H2,1-3H3,(H,37,40,41);3-11,18-21,38,41H,12-17,22H2,1-2H3,(H,40,42,43);2-13,16-17,19,21,25,35H,14-15,18,20H2,1H3,(H,36,38,39). The number of aromatic nitrogens is 12. The highest BCUT2D eigenvalue weighted by atomic mass is 32.2. The van der Waals surface area contributed by atoms with Gasteiger partial charge in [0.1, 0.15) is 34.1 Å². The first-order chi connectivity index (χ1) is 68.5. The number of oxazole rings is 1. The number of fused-ring (bicyclic) bond motifs is 3. The van der Waals surface area contributed by atoms with Gasteiger partial charge in [-0.2, -0.15) is 28.1 Å². The number of thiazole rings is 1. The average Bonchev–Trinajstić information content (AvgIpc) is 1.14. The first-order valence-corrected chi connectivity index (χ1v) is 51.9. The van der Waals surface area contributed by atoms with Crippen molar-refractivity contribution >= 4 is 133 Å². The summed E-state index contributed by atoms with van der Waals surface area (Å²) in [5.41, 5.74) is 9.62. The maximum absolute atomic E-state index is 15.4. The van der Waals surface area contributed by atoms with Crippen molar-refractivity contribution in [2.45, 2.75) is 129 Å². The lowest BCUT2D eigenvalue weighted by Gasteiger charge is -2.37. The molecule has 732 valence electrons. The number of hydrogen-bond acceptors (Lipinski definition) is 29. The molecular weight excluding hydrogens is 1890 g/mol. The molecule has 0 bridgehead atoms. The van der Waals surface area contributed by atoms with E-state index in [1.54, 1.807) is 149 Å². The topological polar surface area (TPSA) is 374 Å². The molecule has 9 aromatic heterocycles.